The van der Waals surface area contributed by atoms with Crippen molar-refractivity contribution in [1.82, 2.24) is 0 Å². The van der Waals surface area contributed by atoms with Crippen LogP contribution in [0.2, 0.25) is 5.02 Å². The van der Waals surface area contributed by atoms with Crippen LogP contribution in [0, 0.1) is 0 Å². The van der Waals surface area contributed by atoms with Crippen molar-refractivity contribution in [2.24, 2.45) is 5.73 Å². The van der Waals surface area contributed by atoms with Crippen LogP contribution in [0.4, 0.5) is 0 Å². The van der Waals surface area contributed by atoms with Gasteiger partial charge in [-0.2, -0.15) is 0 Å². The van der Waals surface area contributed by atoms with E-state index in [0.717, 1.165) is 27.9 Å². The lowest BCUT2D eigenvalue weighted by molar-refractivity contribution is 0.391. The summed E-state index contributed by atoms with van der Waals surface area (Å²) in [6.45, 7) is 4.35. The molecule has 2 N–H and O–H groups in total. The summed E-state index contributed by atoms with van der Waals surface area (Å²) in [5.41, 5.74) is 7.31. The summed E-state index contributed by atoms with van der Waals surface area (Å²) < 4.78 is 1.05. The van der Waals surface area contributed by atoms with E-state index >= 15 is 0 Å². The van der Waals surface area contributed by atoms with Crippen LogP contribution in [0.15, 0.2) is 22.7 Å². The van der Waals surface area contributed by atoms with Crippen molar-refractivity contribution >= 4 is 27.5 Å². The Hall–Kier alpha value is -0.0500. The van der Waals surface area contributed by atoms with E-state index in [9.17, 15) is 0 Å². The van der Waals surface area contributed by atoms with Crippen LogP contribution in [-0.2, 0) is 5.41 Å². The van der Waals surface area contributed by atoms with Gasteiger partial charge in [-0.1, -0.05) is 41.4 Å². The molecule has 82 valence electrons. The van der Waals surface area contributed by atoms with Gasteiger partial charge in [0.2, 0.25) is 0 Å². The average molecular weight is 289 g/mol. The number of nitrogens with two attached hydrogens (primary N) is 1. The molecule has 0 radical (unpaired) electrons. The number of halogens is 2. The smallest absolute Gasteiger partial charge is 0.0444 e. The highest BCUT2D eigenvalue weighted by atomic mass is 79.9. The van der Waals surface area contributed by atoms with Crippen molar-refractivity contribution in [3.05, 3.63) is 33.3 Å². The van der Waals surface area contributed by atoms with E-state index in [1.807, 2.05) is 12.1 Å². The average Bonchev–Trinajstić information content (AvgIpc) is 2.89. The Balaban J connectivity index is 2.48. The van der Waals surface area contributed by atoms with Crippen molar-refractivity contribution in [3.8, 4) is 0 Å². The Morgan fingerprint density at radius 2 is 2.00 bits per heavy atom. The molecule has 15 heavy (non-hydrogen) atoms. The normalized spacial score (nSPS) is 19.0. The molecule has 0 bridgehead atoms. The fourth-order valence-corrected chi connectivity index (χ4v) is 2.72. The lowest BCUT2D eigenvalue weighted by Gasteiger charge is -2.33. The summed E-state index contributed by atoms with van der Waals surface area (Å²) in [4.78, 5) is 0. The van der Waals surface area contributed by atoms with Gasteiger partial charge in [-0.05, 0) is 36.6 Å². The van der Waals surface area contributed by atoms with Gasteiger partial charge in [-0.3, -0.25) is 0 Å². The number of hydrogen-bond donors (Lipinski definition) is 1. The molecule has 1 aliphatic rings. The van der Waals surface area contributed by atoms with Crippen molar-refractivity contribution in [3.63, 3.8) is 0 Å². The van der Waals surface area contributed by atoms with Crippen LogP contribution in [0.3, 0.4) is 0 Å². The minimum atomic E-state index is -0.0720. The molecular weight excluding hydrogens is 273 g/mol. The van der Waals surface area contributed by atoms with Crippen molar-refractivity contribution < 1.29 is 0 Å². The van der Waals surface area contributed by atoms with Gasteiger partial charge in [-0.15, -0.1) is 0 Å². The van der Waals surface area contributed by atoms with Crippen LogP contribution >= 0.6 is 27.5 Å². The van der Waals surface area contributed by atoms with E-state index in [4.69, 9.17) is 17.3 Å². The van der Waals surface area contributed by atoms with Crippen LogP contribution in [0.1, 0.15) is 32.3 Å². The summed E-state index contributed by atoms with van der Waals surface area (Å²) in [6.07, 6.45) is 2.17. The maximum Gasteiger partial charge on any atom is 0.0444 e. The van der Waals surface area contributed by atoms with Gasteiger partial charge in [0.1, 0.15) is 0 Å². The van der Waals surface area contributed by atoms with Gasteiger partial charge in [0.15, 0.2) is 0 Å². The molecule has 2 rings (SSSR count). The summed E-state index contributed by atoms with van der Waals surface area (Å²) in [5.74, 6) is 0. The minimum absolute atomic E-state index is 0.0616. The second kappa shape index (κ2) is 3.47. The van der Waals surface area contributed by atoms with Gasteiger partial charge in [0.25, 0.3) is 0 Å². The molecule has 0 aromatic heterocycles. The largest absolute Gasteiger partial charge is 0.324 e. The Morgan fingerprint density at radius 3 is 2.53 bits per heavy atom. The second-order valence-corrected chi connectivity index (χ2v) is 6.23. The third-order valence-electron chi connectivity index (χ3n) is 3.64. The van der Waals surface area contributed by atoms with E-state index < -0.39 is 0 Å². The predicted octanol–water partition coefficient (Wildman–Crippen LogP) is 3.87. The first kappa shape index (κ1) is 11.4. The first-order chi connectivity index (χ1) is 6.87. The van der Waals surface area contributed by atoms with E-state index in [0.29, 0.717) is 0 Å². The fraction of sp³-hybridized carbons (Fsp3) is 0.500. The summed E-state index contributed by atoms with van der Waals surface area (Å²) in [6, 6.07) is 5.96. The first-order valence-corrected chi connectivity index (χ1v) is 6.28. The Kier molecular flexibility index (Phi) is 2.65. The molecule has 1 nitrogen and oxygen atoms in total. The second-order valence-electron chi connectivity index (χ2n) is 4.91. The topological polar surface area (TPSA) is 26.0 Å². The van der Waals surface area contributed by atoms with Crippen LogP contribution in [-0.4, -0.2) is 5.54 Å². The molecule has 0 aliphatic heterocycles. The molecule has 1 aromatic rings. The Labute approximate surface area is 104 Å². The zero-order chi connectivity index (χ0) is 11.3. The Morgan fingerprint density at radius 1 is 1.40 bits per heavy atom. The highest BCUT2D eigenvalue weighted by molar-refractivity contribution is 9.10. The zero-order valence-electron chi connectivity index (χ0n) is 8.98. The van der Waals surface area contributed by atoms with Crippen molar-refractivity contribution in [1.29, 1.82) is 0 Å². The third kappa shape index (κ3) is 1.83. The standard InChI is InChI=1S/C12H15BrClN/c1-11(2,12(15)5-6-12)9-7-8(13)3-4-10(9)14/h3-4,7H,5-6,15H2,1-2H3. The zero-order valence-corrected chi connectivity index (χ0v) is 11.3. The molecule has 0 spiro atoms. The fourth-order valence-electron chi connectivity index (χ4n) is 2.00. The van der Waals surface area contributed by atoms with Crippen LogP contribution < -0.4 is 5.73 Å². The van der Waals surface area contributed by atoms with E-state index in [-0.39, 0.29) is 11.0 Å². The van der Waals surface area contributed by atoms with Crippen molar-refractivity contribution in [2.75, 3.05) is 0 Å². The van der Waals surface area contributed by atoms with Gasteiger partial charge >= 0.3 is 0 Å². The monoisotopic (exact) mass is 287 g/mol. The molecule has 1 aromatic carbocycles. The van der Waals surface area contributed by atoms with Crippen LogP contribution in [0.5, 0.6) is 0 Å². The molecule has 3 heteroatoms. The maximum absolute atomic E-state index is 6.30. The van der Waals surface area contributed by atoms with E-state index in [2.05, 4.69) is 35.8 Å². The quantitative estimate of drug-likeness (QED) is 0.878. The summed E-state index contributed by atoms with van der Waals surface area (Å²) in [5, 5.41) is 0.805. The SMILES string of the molecule is CC(C)(c1cc(Br)ccc1Cl)C1(N)CC1. The molecule has 0 heterocycles. The number of rotatable bonds is 2. The molecule has 1 saturated carbocycles. The predicted molar refractivity (Wildman–Crippen MR) is 68.3 cm³/mol. The van der Waals surface area contributed by atoms with E-state index in [1.54, 1.807) is 0 Å². The van der Waals surface area contributed by atoms with Gasteiger partial charge in [0.05, 0.1) is 0 Å². The van der Waals surface area contributed by atoms with E-state index in [1.165, 1.54) is 0 Å². The lowest BCUT2D eigenvalue weighted by atomic mass is 9.76. The minimum Gasteiger partial charge on any atom is -0.324 e. The van der Waals surface area contributed by atoms with Crippen molar-refractivity contribution in [2.45, 2.75) is 37.6 Å². The molecular formula is C12H15BrClN. The molecule has 1 aliphatic carbocycles. The lowest BCUT2D eigenvalue weighted by Crippen LogP contribution is -2.43. The molecule has 0 unspecified atom stereocenters. The Bertz CT molecular complexity index is 397. The van der Waals surface area contributed by atoms with Gasteiger partial charge in [-0.25, -0.2) is 0 Å². The van der Waals surface area contributed by atoms with Crippen LogP contribution in [0.25, 0.3) is 0 Å². The molecule has 0 atom stereocenters. The van der Waals surface area contributed by atoms with Gasteiger partial charge in [0, 0.05) is 20.4 Å². The highest BCUT2D eigenvalue weighted by Crippen LogP contribution is 2.50. The highest BCUT2D eigenvalue weighted by Gasteiger charge is 2.52. The number of benzene rings is 1. The van der Waals surface area contributed by atoms with Gasteiger partial charge < -0.3 is 5.73 Å². The molecule has 1 fully saturated rings. The maximum atomic E-state index is 6.30. The molecule has 0 saturated heterocycles. The molecule has 0 amide bonds. The first-order valence-electron chi connectivity index (χ1n) is 5.11. The number of hydrogen-bond acceptors (Lipinski definition) is 1. The summed E-state index contributed by atoms with van der Waals surface area (Å²) in [7, 11) is 0. The third-order valence-corrected chi connectivity index (χ3v) is 4.46. The summed E-state index contributed by atoms with van der Waals surface area (Å²) >= 11 is 9.71.